The lowest BCUT2D eigenvalue weighted by molar-refractivity contribution is 0.0523. The van der Waals surface area contributed by atoms with E-state index in [2.05, 4.69) is 10.3 Å². The molecule has 0 saturated carbocycles. The van der Waals surface area contributed by atoms with Gasteiger partial charge in [-0.2, -0.15) is 0 Å². The van der Waals surface area contributed by atoms with Gasteiger partial charge in [0.25, 0.3) is 0 Å². The van der Waals surface area contributed by atoms with Crippen LogP contribution in [0.15, 0.2) is 18.2 Å². The molecule has 0 aromatic carbocycles. The summed E-state index contributed by atoms with van der Waals surface area (Å²) < 4.78 is 10.6. The maximum Gasteiger partial charge on any atom is 0.213 e. The molecule has 0 aliphatic heterocycles. The van der Waals surface area contributed by atoms with Crippen LogP contribution in [-0.4, -0.2) is 31.8 Å². The van der Waals surface area contributed by atoms with Gasteiger partial charge in [0.2, 0.25) is 5.88 Å². The number of nitrogens with zero attached hydrogens (tertiary/aromatic N) is 1. The molecule has 0 amide bonds. The van der Waals surface area contributed by atoms with Gasteiger partial charge < -0.3 is 14.8 Å². The predicted octanol–water partition coefficient (Wildman–Crippen LogP) is 1.21. The molecule has 1 N–H and O–H groups in total. The Bertz CT molecular complexity index is 292. The quantitative estimate of drug-likeness (QED) is 0.766. The van der Waals surface area contributed by atoms with E-state index in [1.165, 1.54) is 0 Å². The highest BCUT2D eigenvalue weighted by Crippen LogP contribution is 2.08. The first kappa shape index (κ1) is 11.9. The monoisotopic (exact) mass is 210 g/mol. The number of methoxy groups -OCH3 is 1. The second-order valence-electron chi connectivity index (χ2n) is 3.35. The minimum Gasteiger partial charge on any atom is -0.481 e. The SMILES string of the molecule is CNCC(C)OCc1cccc(OC)n1. The van der Waals surface area contributed by atoms with Crippen molar-refractivity contribution in [1.82, 2.24) is 10.3 Å². The van der Waals surface area contributed by atoms with Crippen LogP contribution in [0.4, 0.5) is 0 Å². The van der Waals surface area contributed by atoms with Gasteiger partial charge in [-0.15, -0.1) is 0 Å². The van der Waals surface area contributed by atoms with Crippen molar-refractivity contribution in [1.29, 1.82) is 0 Å². The Labute approximate surface area is 90.6 Å². The van der Waals surface area contributed by atoms with Gasteiger partial charge >= 0.3 is 0 Å². The third kappa shape index (κ3) is 4.27. The maximum absolute atomic E-state index is 5.59. The van der Waals surface area contributed by atoms with Gasteiger partial charge in [-0.25, -0.2) is 4.98 Å². The van der Waals surface area contributed by atoms with Gasteiger partial charge in [-0.1, -0.05) is 6.07 Å². The Morgan fingerprint density at radius 3 is 2.93 bits per heavy atom. The number of likely N-dealkylation sites (N-methyl/N-ethyl adjacent to an activating group) is 1. The van der Waals surface area contributed by atoms with E-state index in [1.807, 2.05) is 32.2 Å². The van der Waals surface area contributed by atoms with E-state index in [-0.39, 0.29) is 6.10 Å². The van der Waals surface area contributed by atoms with Crippen LogP contribution in [0, 0.1) is 0 Å². The van der Waals surface area contributed by atoms with Gasteiger partial charge in [-0.3, -0.25) is 0 Å². The molecule has 1 aromatic rings. The van der Waals surface area contributed by atoms with Crippen molar-refractivity contribution in [3.63, 3.8) is 0 Å². The van der Waals surface area contributed by atoms with E-state index in [1.54, 1.807) is 7.11 Å². The first-order valence-corrected chi connectivity index (χ1v) is 5.02. The summed E-state index contributed by atoms with van der Waals surface area (Å²) in [5, 5.41) is 3.06. The molecule has 0 bridgehead atoms. The number of nitrogens with one attached hydrogen (secondary N) is 1. The second-order valence-corrected chi connectivity index (χ2v) is 3.35. The van der Waals surface area contributed by atoms with E-state index in [9.17, 15) is 0 Å². The third-order valence-corrected chi connectivity index (χ3v) is 2.00. The molecule has 15 heavy (non-hydrogen) atoms. The maximum atomic E-state index is 5.59. The minimum absolute atomic E-state index is 0.183. The summed E-state index contributed by atoms with van der Waals surface area (Å²) in [5.74, 6) is 0.623. The molecule has 0 spiro atoms. The van der Waals surface area contributed by atoms with E-state index < -0.39 is 0 Å². The molecule has 4 heteroatoms. The van der Waals surface area contributed by atoms with Crippen LogP contribution < -0.4 is 10.1 Å². The lowest BCUT2D eigenvalue weighted by Gasteiger charge is -2.12. The fourth-order valence-electron chi connectivity index (χ4n) is 1.23. The van der Waals surface area contributed by atoms with Gasteiger partial charge in [0.05, 0.1) is 25.5 Å². The Kier molecular flexibility index (Phi) is 5.07. The molecule has 0 radical (unpaired) electrons. The van der Waals surface area contributed by atoms with Crippen molar-refractivity contribution in [3.8, 4) is 5.88 Å². The fourth-order valence-corrected chi connectivity index (χ4v) is 1.23. The number of pyridine rings is 1. The van der Waals surface area contributed by atoms with Crippen LogP contribution in [0.1, 0.15) is 12.6 Å². The number of ether oxygens (including phenoxy) is 2. The van der Waals surface area contributed by atoms with Crippen molar-refractivity contribution >= 4 is 0 Å². The van der Waals surface area contributed by atoms with Gasteiger partial charge in [-0.05, 0) is 20.0 Å². The molecule has 0 saturated heterocycles. The normalized spacial score (nSPS) is 12.5. The summed E-state index contributed by atoms with van der Waals surface area (Å²) in [6.07, 6.45) is 0.183. The van der Waals surface area contributed by atoms with E-state index in [0.29, 0.717) is 12.5 Å². The van der Waals surface area contributed by atoms with Crippen LogP contribution in [0.5, 0.6) is 5.88 Å². The zero-order valence-corrected chi connectivity index (χ0v) is 9.49. The van der Waals surface area contributed by atoms with E-state index in [0.717, 1.165) is 12.2 Å². The Hall–Kier alpha value is -1.13. The number of hydrogen-bond donors (Lipinski definition) is 1. The van der Waals surface area contributed by atoms with Crippen LogP contribution in [-0.2, 0) is 11.3 Å². The summed E-state index contributed by atoms with van der Waals surface area (Å²) >= 11 is 0. The molecule has 1 rings (SSSR count). The van der Waals surface area contributed by atoms with Crippen LogP contribution in [0.2, 0.25) is 0 Å². The highest BCUT2D eigenvalue weighted by atomic mass is 16.5. The second kappa shape index (κ2) is 6.37. The highest BCUT2D eigenvalue weighted by Gasteiger charge is 2.02. The topological polar surface area (TPSA) is 43.4 Å². The Morgan fingerprint density at radius 2 is 2.27 bits per heavy atom. The number of aromatic nitrogens is 1. The van der Waals surface area contributed by atoms with Gasteiger partial charge in [0, 0.05) is 12.6 Å². The summed E-state index contributed by atoms with van der Waals surface area (Å²) in [6, 6.07) is 5.66. The molecule has 4 nitrogen and oxygen atoms in total. The molecule has 1 unspecified atom stereocenters. The van der Waals surface area contributed by atoms with E-state index in [4.69, 9.17) is 9.47 Å². The van der Waals surface area contributed by atoms with Crippen molar-refractivity contribution < 1.29 is 9.47 Å². The number of rotatable bonds is 6. The first-order valence-electron chi connectivity index (χ1n) is 5.02. The lowest BCUT2D eigenvalue weighted by Crippen LogP contribution is -2.23. The predicted molar refractivity (Wildman–Crippen MR) is 59.0 cm³/mol. The molecule has 1 atom stereocenters. The summed E-state index contributed by atoms with van der Waals surface area (Å²) in [7, 11) is 3.51. The molecule has 84 valence electrons. The zero-order valence-electron chi connectivity index (χ0n) is 9.49. The molecule has 0 fully saturated rings. The third-order valence-electron chi connectivity index (χ3n) is 2.00. The molecule has 1 heterocycles. The lowest BCUT2D eigenvalue weighted by atomic mass is 10.3. The standard InChI is InChI=1S/C11H18N2O2/c1-9(7-12-2)15-8-10-5-4-6-11(13-10)14-3/h4-6,9,12H,7-8H2,1-3H3. The smallest absolute Gasteiger partial charge is 0.213 e. The van der Waals surface area contributed by atoms with Crippen LogP contribution in [0.3, 0.4) is 0 Å². The van der Waals surface area contributed by atoms with Crippen molar-refractivity contribution in [2.24, 2.45) is 0 Å². The Balaban J connectivity index is 2.43. The zero-order chi connectivity index (χ0) is 11.1. The molecular weight excluding hydrogens is 192 g/mol. The van der Waals surface area contributed by atoms with Crippen molar-refractivity contribution in [3.05, 3.63) is 23.9 Å². The average molecular weight is 210 g/mol. The fraction of sp³-hybridized carbons (Fsp3) is 0.545. The summed E-state index contributed by atoms with van der Waals surface area (Å²) in [4.78, 5) is 4.26. The number of hydrogen-bond acceptors (Lipinski definition) is 4. The first-order chi connectivity index (χ1) is 7.26. The highest BCUT2D eigenvalue weighted by molar-refractivity contribution is 5.14. The van der Waals surface area contributed by atoms with Crippen molar-refractivity contribution in [2.75, 3.05) is 20.7 Å². The minimum atomic E-state index is 0.183. The molecular formula is C11H18N2O2. The Morgan fingerprint density at radius 1 is 1.47 bits per heavy atom. The van der Waals surface area contributed by atoms with E-state index >= 15 is 0 Å². The van der Waals surface area contributed by atoms with Gasteiger partial charge in [0.1, 0.15) is 0 Å². The largest absolute Gasteiger partial charge is 0.481 e. The van der Waals surface area contributed by atoms with Gasteiger partial charge in [0.15, 0.2) is 0 Å². The van der Waals surface area contributed by atoms with Crippen LogP contribution >= 0.6 is 0 Å². The molecule has 1 aromatic heterocycles. The van der Waals surface area contributed by atoms with Crippen molar-refractivity contribution in [2.45, 2.75) is 19.6 Å². The summed E-state index contributed by atoms with van der Waals surface area (Å²) in [5.41, 5.74) is 0.886. The molecule has 0 aliphatic carbocycles. The van der Waals surface area contributed by atoms with Crippen LogP contribution in [0.25, 0.3) is 0 Å². The summed E-state index contributed by atoms with van der Waals surface area (Å²) in [6.45, 7) is 3.38. The molecule has 0 aliphatic rings. The average Bonchev–Trinajstić information content (AvgIpc) is 2.27.